The van der Waals surface area contributed by atoms with Crippen LogP contribution < -0.4 is 9.80 Å². The molecule has 0 bridgehead atoms. The third-order valence-electron chi connectivity index (χ3n) is 19.2. The fourth-order valence-corrected chi connectivity index (χ4v) is 15.5. The first-order chi connectivity index (χ1) is 45.7. The van der Waals surface area contributed by atoms with Gasteiger partial charge in [0.1, 0.15) is 5.52 Å². The molecule has 2 unspecified atom stereocenters. The summed E-state index contributed by atoms with van der Waals surface area (Å²) >= 11 is 0. The summed E-state index contributed by atoms with van der Waals surface area (Å²) in [5.41, 5.74) is 25.4. The van der Waals surface area contributed by atoms with Gasteiger partial charge in [-0.1, -0.05) is 201 Å². The van der Waals surface area contributed by atoms with Crippen molar-refractivity contribution in [3.63, 3.8) is 0 Å². The molecule has 0 N–H and O–H groups in total. The molecule has 4 aromatic heterocycles. The molecule has 17 aromatic rings. The predicted molar refractivity (Wildman–Crippen MR) is 381 cm³/mol. The Kier molecular flexibility index (Phi) is 12.8. The van der Waals surface area contributed by atoms with E-state index in [0.717, 1.165) is 142 Å². The highest BCUT2D eigenvalue weighted by Crippen LogP contribution is 2.53. The van der Waals surface area contributed by atoms with Crippen molar-refractivity contribution in [2.75, 3.05) is 9.80 Å². The molecule has 18 rings (SSSR count). The highest BCUT2D eigenvalue weighted by Gasteiger charge is 2.39. The monoisotopic (exact) mass is 1190 g/mol. The smallest absolute Gasteiger partial charge is 0.155 e. The molecule has 1 aliphatic rings. The zero-order valence-corrected chi connectivity index (χ0v) is 50.6. The highest BCUT2D eigenvalue weighted by molar-refractivity contribution is 6.11. The SMILES string of the molecule is c1ccc(C2CCCC(c3ccccc3)C2n2c3cc4c(cc3n3c5ccccc5n(-c5ccccc5)c5cc(N(c6ccccc6)c6ccccc6)cc2c53)n2c3ccccc3oc3cc(N(c5ccccc5)c5ccccc5)cc(c32)n4-c2ccccc2)cc1. The van der Waals surface area contributed by atoms with Crippen molar-refractivity contribution in [1.29, 1.82) is 0 Å². The van der Waals surface area contributed by atoms with Gasteiger partial charge in [0.25, 0.3) is 0 Å². The molecule has 0 amide bonds. The van der Waals surface area contributed by atoms with Gasteiger partial charge in [0.2, 0.25) is 0 Å². The van der Waals surface area contributed by atoms with Crippen molar-refractivity contribution in [1.82, 2.24) is 22.5 Å². The maximum atomic E-state index is 7.29. The number of nitrogens with zero attached hydrogens (tertiary/aromatic N) is 7. The Morgan fingerprint density at radius 3 is 1.17 bits per heavy atom. The van der Waals surface area contributed by atoms with Gasteiger partial charge in [0, 0.05) is 58.1 Å². The average Bonchev–Trinajstić information content (AvgIpc) is 0.689. The third kappa shape index (κ3) is 8.66. The van der Waals surface area contributed by atoms with Gasteiger partial charge in [-0.15, -0.1) is 0 Å². The third-order valence-corrected chi connectivity index (χ3v) is 19.2. The number of aromatic nitrogens is 5. The maximum absolute atomic E-state index is 7.29. The average molecular weight is 1190 g/mol. The Balaban J connectivity index is 1.10. The van der Waals surface area contributed by atoms with Gasteiger partial charge < -0.3 is 32.3 Å². The highest BCUT2D eigenvalue weighted by atomic mass is 16.3. The molecule has 8 heteroatoms. The summed E-state index contributed by atoms with van der Waals surface area (Å²) in [4.78, 5) is 4.80. The fraction of sp³-hybridized carbons (Fsp3) is 0.0714. The van der Waals surface area contributed by atoms with Crippen LogP contribution in [-0.2, 0) is 0 Å². The Bertz CT molecular complexity index is 5490. The van der Waals surface area contributed by atoms with Crippen molar-refractivity contribution in [3.05, 3.63) is 339 Å². The minimum atomic E-state index is -0.0650. The van der Waals surface area contributed by atoms with Crippen molar-refractivity contribution >= 4 is 111 Å². The van der Waals surface area contributed by atoms with Crippen LogP contribution >= 0.6 is 0 Å². The second-order valence-corrected chi connectivity index (χ2v) is 24.4. The van der Waals surface area contributed by atoms with Gasteiger partial charge >= 0.3 is 0 Å². The standard InChI is InChI=1S/C84H63N7O/c1-9-30-58(31-10-1)68-46-29-47-69(59-32-11-2-12-33-59)82(68)91-76-56-73-74(90-72-50-27-28-51-80(72)92-81-55-67(54-79(84(81)90)88(73)65-44-23-8-24-45-65)86(62-38-17-5-18-39-62)63-40-19-6-20-41-63)57-75(76)89-71-49-26-25-48-70(71)87(64-42-21-7-22-43-64)77-52-66(53-78(91)83(77)89)85(60-34-13-3-14-35-60)61-36-15-4-16-37-61/h1-28,30-45,48-57,68-69,82H,29,46-47H2. The zero-order chi connectivity index (χ0) is 60.6. The zero-order valence-electron chi connectivity index (χ0n) is 50.6. The Morgan fingerprint density at radius 2 is 0.652 bits per heavy atom. The van der Waals surface area contributed by atoms with Gasteiger partial charge in [-0.05, 0) is 151 Å². The Labute approximate surface area is 532 Å². The van der Waals surface area contributed by atoms with Crippen LogP contribution in [0.25, 0.3) is 88.7 Å². The molecule has 1 saturated carbocycles. The molecule has 92 heavy (non-hydrogen) atoms. The molecular weight excluding hydrogens is 1120 g/mol. The van der Waals surface area contributed by atoms with E-state index in [4.69, 9.17) is 4.42 Å². The van der Waals surface area contributed by atoms with Crippen LogP contribution in [0, 0.1) is 0 Å². The van der Waals surface area contributed by atoms with Crippen LogP contribution in [0.15, 0.2) is 332 Å². The lowest BCUT2D eigenvalue weighted by molar-refractivity contribution is 0.274. The molecule has 0 spiro atoms. The number of fused-ring (bicyclic) bond motifs is 8. The van der Waals surface area contributed by atoms with Crippen LogP contribution in [-0.4, -0.2) is 22.5 Å². The van der Waals surface area contributed by atoms with Crippen LogP contribution in [0.1, 0.15) is 48.3 Å². The summed E-state index contributed by atoms with van der Waals surface area (Å²) in [6.45, 7) is 0. The van der Waals surface area contributed by atoms with E-state index in [1.54, 1.807) is 0 Å². The van der Waals surface area contributed by atoms with Gasteiger partial charge in [-0.3, -0.25) is 4.40 Å². The topological polar surface area (TPSA) is 43.2 Å². The van der Waals surface area contributed by atoms with E-state index in [1.807, 2.05) is 0 Å². The van der Waals surface area contributed by atoms with Crippen LogP contribution in [0.4, 0.5) is 34.1 Å². The summed E-state index contributed by atoms with van der Waals surface area (Å²) in [7, 11) is 0. The first-order valence-corrected chi connectivity index (χ1v) is 32.1. The summed E-state index contributed by atoms with van der Waals surface area (Å²) in [6, 6.07) is 120. The van der Waals surface area contributed by atoms with Crippen molar-refractivity contribution in [2.24, 2.45) is 0 Å². The molecule has 2 atom stereocenters. The fourth-order valence-electron chi connectivity index (χ4n) is 15.5. The summed E-state index contributed by atoms with van der Waals surface area (Å²) < 4.78 is 20.3. The minimum absolute atomic E-state index is 0.0650. The molecule has 1 fully saturated rings. The number of hydrogen-bond acceptors (Lipinski definition) is 3. The molecule has 0 aliphatic heterocycles. The van der Waals surface area contributed by atoms with Crippen molar-refractivity contribution in [2.45, 2.75) is 37.1 Å². The lowest BCUT2D eigenvalue weighted by Crippen LogP contribution is -2.30. The molecule has 0 saturated heterocycles. The first-order valence-electron chi connectivity index (χ1n) is 32.1. The van der Waals surface area contributed by atoms with Crippen LogP contribution in [0.2, 0.25) is 0 Å². The number of anilines is 6. The molecule has 1 aliphatic carbocycles. The molecular formula is C84H63N7O. The van der Waals surface area contributed by atoms with E-state index >= 15 is 0 Å². The normalized spacial score (nSPS) is 15.2. The maximum Gasteiger partial charge on any atom is 0.155 e. The summed E-state index contributed by atoms with van der Waals surface area (Å²) in [5.74, 6) is 0.268. The van der Waals surface area contributed by atoms with E-state index in [0.29, 0.717) is 0 Å². The lowest BCUT2D eigenvalue weighted by Gasteiger charge is -2.42. The quantitative estimate of drug-likeness (QED) is 0.0957. The minimum Gasteiger partial charge on any atom is -0.453 e. The second kappa shape index (κ2) is 22.1. The predicted octanol–water partition coefficient (Wildman–Crippen LogP) is 22.4. The van der Waals surface area contributed by atoms with Gasteiger partial charge in [0.05, 0.1) is 72.1 Å². The first kappa shape index (κ1) is 53.3. The molecule has 4 heterocycles. The largest absolute Gasteiger partial charge is 0.453 e. The number of hydrogen-bond donors (Lipinski definition) is 0. The van der Waals surface area contributed by atoms with E-state index in [2.05, 4.69) is 360 Å². The van der Waals surface area contributed by atoms with E-state index < -0.39 is 0 Å². The lowest BCUT2D eigenvalue weighted by atomic mass is 9.71. The summed E-state index contributed by atoms with van der Waals surface area (Å²) in [5, 5.41) is 0. The van der Waals surface area contributed by atoms with Crippen molar-refractivity contribution < 1.29 is 4.42 Å². The van der Waals surface area contributed by atoms with Gasteiger partial charge in [0.15, 0.2) is 11.2 Å². The van der Waals surface area contributed by atoms with Gasteiger partial charge in [-0.2, -0.15) is 0 Å². The number of para-hydroxylation sites is 10. The second-order valence-electron chi connectivity index (χ2n) is 24.4. The van der Waals surface area contributed by atoms with E-state index in [1.165, 1.54) is 11.1 Å². The molecule has 13 aromatic carbocycles. The Morgan fingerprint density at radius 1 is 0.272 bits per heavy atom. The Hall–Kier alpha value is -11.7. The van der Waals surface area contributed by atoms with Crippen molar-refractivity contribution in [3.8, 4) is 11.4 Å². The molecule has 440 valence electrons. The number of rotatable bonds is 11. The van der Waals surface area contributed by atoms with Crippen LogP contribution in [0.5, 0.6) is 0 Å². The summed E-state index contributed by atoms with van der Waals surface area (Å²) in [6.07, 6.45) is 3.15. The molecule has 0 radical (unpaired) electrons. The van der Waals surface area contributed by atoms with E-state index in [-0.39, 0.29) is 17.9 Å². The molecule has 8 nitrogen and oxygen atoms in total. The van der Waals surface area contributed by atoms with E-state index in [9.17, 15) is 0 Å². The number of benzene rings is 13. The van der Waals surface area contributed by atoms with Crippen LogP contribution in [0.3, 0.4) is 0 Å². The van der Waals surface area contributed by atoms with Gasteiger partial charge in [-0.25, -0.2) is 0 Å².